The first kappa shape index (κ1) is 17.5. The third-order valence-corrected chi connectivity index (χ3v) is 4.16. The number of amides is 1. The average Bonchev–Trinajstić information content (AvgIpc) is 3.04. The summed E-state index contributed by atoms with van der Waals surface area (Å²) in [4.78, 5) is 14.6. The summed E-state index contributed by atoms with van der Waals surface area (Å²) in [6, 6.07) is 9.64. The Hall–Kier alpha value is -2.34. The number of aliphatic hydroxyl groups excluding tert-OH is 1. The molecule has 1 unspecified atom stereocenters. The lowest BCUT2D eigenvalue weighted by atomic mass is 10.1. The topological polar surface area (TPSA) is 67.6 Å². The van der Waals surface area contributed by atoms with Gasteiger partial charge in [-0.2, -0.15) is 5.10 Å². The standard InChI is InChI=1S/C19H25N3O3/c1-14(2)13-25-17-12-22(15-7-4-3-5-8-15)20-18(17)19(24)21-10-6-9-16(23)11-21/h3-5,7-8,12,14,16,23H,6,9-11,13H2,1-2H3. The number of rotatable bonds is 5. The molecule has 1 atom stereocenters. The first-order valence-corrected chi connectivity index (χ1v) is 8.80. The molecule has 1 N–H and O–H groups in total. The summed E-state index contributed by atoms with van der Waals surface area (Å²) in [5, 5.41) is 14.3. The molecule has 134 valence electrons. The Morgan fingerprint density at radius 1 is 1.36 bits per heavy atom. The zero-order valence-corrected chi connectivity index (χ0v) is 14.8. The summed E-state index contributed by atoms with van der Waals surface area (Å²) < 4.78 is 7.52. The van der Waals surface area contributed by atoms with Crippen LogP contribution in [0.25, 0.3) is 5.69 Å². The third-order valence-electron chi connectivity index (χ3n) is 4.16. The smallest absolute Gasteiger partial charge is 0.278 e. The normalized spacial score (nSPS) is 17.8. The number of piperidine rings is 1. The fraction of sp³-hybridized carbons (Fsp3) is 0.474. The van der Waals surface area contributed by atoms with E-state index in [0.717, 1.165) is 18.5 Å². The van der Waals surface area contributed by atoms with E-state index in [1.165, 1.54) is 0 Å². The molecule has 1 saturated heterocycles. The quantitative estimate of drug-likeness (QED) is 0.906. The Morgan fingerprint density at radius 3 is 2.80 bits per heavy atom. The molecule has 1 aliphatic rings. The second kappa shape index (κ2) is 7.70. The predicted molar refractivity (Wildman–Crippen MR) is 95.0 cm³/mol. The zero-order valence-electron chi connectivity index (χ0n) is 14.8. The van der Waals surface area contributed by atoms with Crippen molar-refractivity contribution in [1.29, 1.82) is 0 Å². The van der Waals surface area contributed by atoms with Crippen LogP contribution in [-0.4, -0.2) is 51.5 Å². The maximum Gasteiger partial charge on any atom is 0.278 e. The molecule has 0 aliphatic carbocycles. The van der Waals surface area contributed by atoms with E-state index in [0.29, 0.717) is 37.1 Å². The minimum absolute atomic E-state index is 0.188. The molecular weight excluding hydrogens is 318 g/mol. The van der Waals surface area contributed by atoms with E-state index in [9.17, 15) is 9.90 Å². The fourth-order valence-corrected chi connectivity index (χ4v) is 2.87. The highest BCUT2D eigenvalue weighted by atomic mass is 16.5. The number of carbonyl (C=O) groups is 1. The first-order valence-electron chi connectivity index (χ1n) is 8.80. The van der Waals surface area contributed by atoms with E-state index < -0.39 is 6.10 Å². The number of β-amino-alcohol motifs (C(OH)–C–C–N with tert-alkyl or cyclic N) is 1. The summed E-state index contributed by atoms with van der Waals surface area (Å²) in [6.45, 7) is 5.62. The maximum absolute atomic E-state index is 12.9. The Bertz CT molecular complexity index is 712. The third kappa shape index (κ3) is 4.20. The van der Waals surface area contributed by atoms with Gasteiger partial charge >= 0.3 is 0 Å². The Balaban J connectivity index is 1.89. The van der Waals surface area contributed by atoms with Crippen LogP contribution >= 0.6 is 0 Å². The van der Waals surface area contributed by atoms with Gasteiger partial charge in [-0.25, -0.2) is 4.68 Å². The summed E-state index contributed by atoms with van der Waals surface area (Å²) in [6.07, 6.45) is 2.83. The lowest BCUT2D eigenvalue weighted by molar-refractivity contribution is 0.0465. The molecular formula is C19H25N3O3. The van der Waals surface area contributed by atoms with E-state index in [4.69, 9.17) is 4.74 Å². The monoisotopic (exact) mass is 343 g/mol. The Kier molecular flexibility index (Phi) is 5.38. The van der Waals surface area contributed by atoms with Crippen LogP contribution in [0.2, 0.25) is 0 Å². The number of hydrogen-bond donors (Lipinski definition) is 1. The van der Waals surface area contributed by atoms with Crippen molar-refractivity contribution < 1.29 is 14.6 Å². The fourth-order valence-electron chi connectivity index (χ4n) is 2.87. The molecule has 1 aromatic carbocycles. The zero-order chi connectivity index (χ0) is 17.8. The molecule has 2 aromatic rings. The van der Waals surface area contributed by atoms with Gasteiger partial charge in [0, 0.05) is 13.1 Å². The second-order valence-electron chi connectivity index (χ2n) is 6.87. The van der Waals surface area contributed by atoms with Crippen molar-refractivity contribution in [2.75, 3.05) is 19.7 Å². The van der Waals surface area contributed by atoms with Gasteiger partial charge in [0.05, 0.1) is 24.6 Å². The molecule has 2 heterocycles. The number of carbonyl (C=O) groups excluding carboxylic acids is 1. The molecule has 0 bridgehead atoms. The van der Waals surface area contributed by atoms with Crippen LogP contribution < -0.4 is 4.74 Å². The molecule has 25 heavy (non-hydrogen) atoms. The number of likely N-dealkylation sites (tertiary alicyclic amines) is 1. The van der Waals surface area contributed by atoms with Crippen LogP contribution in [0.4, 0.5) is 0 Å². The molecule has 1 aromatic heterocycles. The van der Waals surface area contributed by atoms with Crippen LogP contribution in [0.1, 0.15) is 37.2 Å². The van der Waals surface area contributed by atoms with E-state index in [1.54, 1.807) is 15.8 Å². The van der Waals surface area contributed by atoms with Crippen LogP contribution in [0, 0.1) is 5.92 Å². The van der Waals surface area contributed by atoms with Crippen molar-refractivity contribution in [3.8, 4) is 11.4 Å². The van der Waals surface area contributed by atoms with Crippen LogP contribution in [0.15, 0.2) is 36.5 Å². The van der Waals surface area contributed by atoms with E-state index in [-0.39, 0.29) is 5.91 Å². The number of aromatic nitrogens is 2. The summed E-state index contributed by atoms with van der Waals surface area (Å²) in [5.41, 5.74) is 1.17. The molecule has 0 radical (unpaired) electrons. The SMILES string of the molecule is CC(C)COc1cn(-c2ccccc2)nc1C(=O)N1CCCC(O)C1. The van der Waals surface area contributed by atoms with E-state index in [1.807, 2.05) is 30.3 Å². The summed E-state index contributed by atoms with van der Waals surface area (Å²) >= 11 is 0. The van der Waals surface area contributed by atoms with Crippen molar-refractivity contribution in [1.82, 2.24) is 14.7 Å². The minimum atomic E-state index is -0.464. The maximum atomic E-state index is 12.9. The van der Waals surface area contributed by atoms with Gasteiger partial charge in [-0.3, -0.25) is 4.79 Å². The van der Waals surface area contributed by atoms with Crippen LogP contribution in [0.3, 0.4) is 0 Å². The molecule has 6 nitrogen and oxygen atoms in total. The highest BCUT2D eigenvalue weighted by Gasteiger charge is 2.28. The van der Waals surface area contributed by atoms with Crippen molar-refractivity contribution in [3.05, 3.63) is 42.2 Å². The number of nitrogens with zero attached hydrogens (tertiary/aromatic N) is 3. The number of aliphatic hydroxyl groups is 1. The first-order chi connectivity index (χ1) is 12.0. The lowest BCUT2D eigenvalue weighted by Gasteiger charge is -2.29. The van der Waals surface area contributed by atoms with Gasteiger partial charge in [0.2, 0.25) is 0 Å². The minimum Gasteiger partial charge on any atom is -0.489 e. The predicted octanol–water partition coefficient (Wildman–Crippen LogP) is 2.50. The van der Waals surface area contributed by atoms with Crippen molar-refractivity contribution in [2.24, 2.45) is 5.92 Å². The van der Waals surface area contributed by atoms with E-state index >= 15 is 0 Å². The van der Waals surface area contributed by atoms with Gasteiger partial charge in [-0.1, -0.05) is 32.0 Å². The molecule has 1 amide bonds. The number of para-hydroxylation sites is 1. The second-order valence-corrected chi connectivity index (χ2v) is 6.87. The average molecular weight is 343 g/mol. The molecule has 0 spiro atoms. The summed E-state index contributed by atoms with van der Waals surface area (Å²) in [7, 11) is 0. The Labute approximate surface area is 148 Å². The highest BCUT2D eigenvalue weighted by molar-refractivity contribution is 5.95. The van der Waals surface area contributed by atoms with Crippen molar-refractivity contribution in [3.63, 3.8) is 0 Å². The molecule has 3 rings (SSSR count). The van der Waals surface area contributed by atoms with Gasteiger partial charge in [0.15, 0.2) is 11.4 Å². The van der Waals surface area contributed by atoms with Gasteiger partial charge in [0.25, 0.3) is 5.91 Å². The largest absolute Gasteiger partial charge is 0.489 e. The van der Waals surface area contributed by atoms with Gasteiger partial charge in [0.1, 0.15) is 0 Å². The number of ether oxygens (including phenoxy) is 1. The Morgan fingerprint density at radius 2 is 2.12 bits per heavy atom. The van der Waals surface area contributed by atoms with Crippen molar-refractivity contribution >= 4 is 5.91 Å². The molecule has 6 heteroatoms. The molecule has 0 saturated carbocycles. The summed E-state index contributed by atoms with van der Waals surface area (Å²) in [5.74, 6) is 0.648. The molecule has 1 fully saturated rings. The number of benzene rings is 1. The highest BCUT2D eigenvalue weighted by Crippen LogP contribution is 2.23. The van der Waals surface area contributed by atoms with E-state index in [2.05, 4.69) is 18.9 Å². The van der Waals surface area contributed by atoms with Crippen LogP contribution in [-0.2, 0) is 0 Å². The van der Waals surface area contributed by atoms with Crippen molar-refractivity contribution in [2.45, 2.75) is 32.8 Å². The van der Waals surface area contributed by atoms with Crippen LogP contribution in [0.5, 0.6) is 5.75 Å². The van der Waals surface area contributed by atoms with Gasteiger partial charge in [-0.05, 0) is 30.9 Å². The molecule has 1 aliphatic heterocycles. The van der Waals surface area contributed by atoms with Gasteiger partial charge < -0.3 is 14.7 Å². The number of hydrogen-bond acceptors (Lipinski definition) is 4. The lowest BCUT2D eigenvalue weighted by Crippen LogP contribution is -2.42. The van der Waals surface area contributed by atoms with Gasteiger partial charge in [-0.15, -0.1) is 0 Å².